The Labute approximate surface area is 271 Å². The second kappa shape index (κ2) is 11.5. The van der Waals surface area contributed by atoms with E-state index in [4.69, 9.17) is 9.72 Å². The Morgan fingerprint density at radius 3 is 2.60 bits per heavy atom. The lowest BCUT2D eigenvalue weighted by atomic mass is 9.95. The molecule has 3 aliphatic rings. The Kier molecular flexibility index (Phi) is 7.27. The number of benzene rings is 2. The molecule has 0 N–H and O–H groups in total. The third-order valence-corrected chi connectivity index (χ3v) is 9.99. The van der Waals surface area contributed by atoms with E-state index in [1.165, 1.54) is 15.6 Å². The van der Waals surface area contributed by atoms with Crippen LogP contribution in [0.2, 0.25) is 0 Å². The summed E-state index contributed by atoms with van der Waals surface area (Å²) in [4.78, 5) is 32.8. The molecule has 0 spiro atoms. The number of nitrogens with zero attached hydrogens (tertiary/aromatic N) is 8. The lowest BCUT2D eigenvalue weighted by Gasteiger charge is -2.31. The Morgan fingerprint density at radius 1 is 1.02 bits per heavy atom. The van der Waals surface area contributed by atoms with Crippen LogP contribution in [-0.2, 0) is 13.0 Å². The number of aromatic nitrogens is 5. The zero-order valence-electron chi connectivity index (χ0n) is 26.5. The largest absolute Gasteiger partial charge is 0.461 e. The minimum Gasteiger partial charge on any atom is -0.461 e. The molecule has 2 saturated heterocycles. The minimum absolute atomic E-state index is 0.0155. The molecule has 5 aromatic rings. The Morgan fingerprint density at radius 2 is 1.81 bits per heavy atom. The van der Waals surface area contributed by atoms with Crippen molar-refractivity contribution >= 4 is 33.5 Å². The van der Waals surface area contributed by atoms with Crippen molar-refractivity contribution < 1.29 is 18.3 Å². The van der Waals surface area contributed by atoms with Crippen LogP contribution in [0.1, 0.15) is 43.4 Å². The van der Waals surface area contributed by atoms with E-state index >= 15 is 8.78 Å². The Balaban J connectivity index is 1.24. The van der Waals surface area contributed by atoms with Gasteiger partial charge in [-0.25, -0.2) is 13.6 Å². The van der Waals surface area contributed by atoms with E-state index in [0.29, 0.717) is 53.7 Å². The van der Waals surface area contributed by atoms with E-state index in [1.807, 2.05) is 0 Å². The molecule has 47 heavy (non-hydrogen) atoms. The third kappa shape index (κ3) is 5.06. The number of fused-ring (bicyclic) bond motifs is 4. The molecule has 242 valence electrons. The molecule has 10 nitrogen and oxygen atoms in total. The van der Waals surface area contributed by atoms with Gasteiger partial charge in [0, 0.05) is 56.1 Å². The second-order valence-corrected chi connectivity index (χ2v) is 13.1. The van der Waals surface area contributed by atoms with Crippen molar-refractivity contribution in [3.63, 3.8) is 0 Å². The van der Waals surface area contributed by atoms with Crippen LogP contribution in [-0.4, -0.2) is 86.4 Å². The number of amides is 1. The summed E-state index contributed by atoms with van der Waals surface area (Å²) < 4.78 is 39.6. The fraction of sp³-hybridized carbons (Fsp3) is 0.400. The molecule has 0 aliphatic carbocycles. The lowest BCUT2D eigenvalue weighted by molar-refractivity contribution is 0.108. The predicted octanol–water partition coefficient (Wildman–Crippen LogP) is 5.81. The fourth-order valence-corrected chi connectivity index (χ4v) is 7.66. The highest BCUT2D eigenvalue weighted by molar-refractivity contribution is 5.99. The van der Waals surface area contributed by atoms with E-state index in [9.17, 15) is 4.79 Å². The van der Waals surface area contributed by atoms with Gasteiger partial charge in [0.05, 0.1) is 16.6 Å². The summed E-state index contributed by atoms with van der Waals surface area (Å²) in [5.41, 5.74) is 2.14. The first-order chi connectivity index (χ1) is 22.8. The molecule has 3 aromatic heterocycles. The summed E-state index contributed by atoms with van der Waals surface area (Å²) in [6.45, 7) is 3.57. The van der Waals surface area contributed by atoms with Crippen molar-refractivity contribution in [2.75, 3.05) is 45.2 Å². The molecule has 0 unspecified atom stereocenters. The van der Waals surface area contributed by atoms with Crippen LogP contribution in [0.25, 0.3) is 32.9 Å². The molecular formula is C35H36F2N8O2. The van der Waals surface area contributed by atoms with Crippen LogP contribution in [0, 0.1) is 11.6 Å². The van der Waals surface area contributed by atoms with Crippen molar-refractivity contribution in [1.82, 2.24) is 34.5 Å². The molecule has 8 rings (SSSR count). The van der Waals surface area contributed by atoms with E-state index < -0.39 is 11.6 Å². The molecule has 0 atom stereocenters. The standard InChI is InChI=1S/C35H36F2N8O2/c1-42(2)34(46)45-20-23-19-43(15-5-12-27(23)41-45)32-25-18-38-30(24-10-3-8-22-9-4-11-26(36)28(22)24)29(37)31(25)39-33(40-32)47-21-35-13-6-16-44(35)17-7-14-35/h3-4,8-11,18,20H,5-7,12-17,19,21H2,1-2H3. The van der Waals surface area contributed by atoms with Gasteiger partial charge in [-0.2, -0.15) is 19.7 Å². The number of rotatable bonds is 5. The van der Waals surface area contributed by atoms with E-state index in [2.05, 4.69) is 24.9 Å². The summed E-state index contributed by atoms with van der Waals surface area (Å²) in [5, 5.41) is 5.96. The molecular weight excluding hydrogens is 602 g/mol. The Bertz CT molecular complexity index is 2010. The van der Waals surface area contributed by atoms with Crippen LogP contribution < -0.4 is 9.64 Å². The molecule has 3 aliphatic heterocycles. The van der Waals surface area contributed by atoms with Gasteiger partial charge in [0.2, 0.25) is 0 Å². The van der Waals surface area contributed by atoms with Crippen LogP contribution in [0.15, 0.2) is 48.8 Å². The topological polar surface area (TPSA) is 92.5 Å². The average Bonchev–Trinajstić information content (AvgIpc) is 3.74. The number of aryl methyl sites for hydroxylation is 1. The van der Waals surface area contributed by atoms with Crippen molar-refractivity contribution in [2.24, 2.45) is 0 Å². The van der Waals surface area contributed by atoms with Crippen molar-refractivity contribution in [3.05, 3.63) is 71.7 Å². The highest BCUT2D eigenvalue weighted by Crippen LogP contribution is 2.40. The second-order valence-electron chi connectivity index (χ2n) is 13.1. The van der Waals surface area contributed by atoms with Crippen molar-refractivity contribution in [2.45, 2.75) is 50.6 Å². The number of hydrogen-bond acceptors (Lipinski definition) is 8. The average molecular weight is 639 g/mol. The molecule has 6 heterocycles. The summed E-state index contributed by atoms with van der Waals surface area (Å²) in [6.07, 6.45) is 9.12. The van der Waals surface area contributed by atoms with E-state index in [-0.39, 0.29) is 28.8 Å². The summed E-state index contributed by atoms with van der Waals surface area (Å²) in [7, 11) is 3.38. The van der Waals surface area contributed by atoms with E-state index in [0.717, 1.165) is 56.5 Å². The first kappa shape index (κ1) is 29.7. The van der Waals surface area contributed by atoms with Crippen molar-refractivity contribution in [3.8, 4) is 17.3 Å². The number of hydrogen-bond donors (Lipinski definition) is 0. The smallest absolute Gasteiger partial charge is 0.344 e. The normalized spacial score (nSPS) is 17.6. The quantitative estimate of drug-likeness (QED) is 0.238. The number of halogens is 2. The van der Waals surface area contributed by atoms with Crippen LogP contribution in [0.4, 0.5) is 19.4 Å². The number of anilines is 1. The van der Waals surface area contributed by atoms with Gasteiger partial charge in [-0.15, -0.1) is 0 Å². The monoisotopic (exact) mass is 638 g/mol. The summed E-state index contributed by atoms with van der Waals surface area (Å²) in [6, 6.07) is 9.91. The maximum atomic E-state index is 16.8. The Hall–Kier alpha value is -4.71. The minimum atomic E-state index is -0.659. The number of pyridine rings is 1. The number of ether oxygens (including phenoxy) is 1. The molecule has 2 aromatic carbocycles. The zero-order chi connectivity index (χ0) is 32.3. The van der Waals surface area contributed by atoms with Crippen LogP contribution >= 0.6 is 0 Å². The van der Waals surface area contributed by atoms with Gasteiger partial charge in [-0.3, -0.25) is 9.88 Å². The van der Waals surface area contributed by atoms with Crippen LogP contribution in [0.5, 0.6) is 6.01 Å². The van der Waals surface area contributed by atoms with Crippen molar-refractivity contribution in [1.29, 1.82) is 0 Å². The van der Waals surface area contributed by atoms with E-state index in [1.54, 1.807) is 56.8 Å². The van der Waals surface area contributed by atoms with Gasteiger partial charge in [-0.05, 0) is 63.1 Å². The first-order valence-corrected chi connectivity index (χ1v) is 16.3. The van der Waals surface area contributed by atoms with Crippen LogP contribution in [0.3, 0.4) is 0 Å². The highest BCUT2D eigenvalue weighted by atomic mass is 19.1. The van der Waals surface area contributed by atoms with Gasteiger partial charge in [0.1, 0.15) is 29.5 Å². The number of carbonyl (C=O) groups excluding carboxylic acids is 1. The summed E-state index contributed by atoms with van der Waals surface area (Å²) >= 11 is 0. The molecule has 0 bridgehead atoms. The SMILES string of the molecule is CN(C)C(=O)n1cc2c(n1)CCCN(c1nc(OCC34CCCN3CCC4)nc3c(F)c(-c4cccc5cccc(F)c45)ncc13)C2. The maximum absolute atomic E-state index is 16.8. The van der Waals surface area contributed by atoms with Gasteiger partial charge in [0.25, 0.3) is 0 Å². The predicted molar refractivity (Wildman–Crippen MR) is 175 cm³/mol. The van der Waals surface area contributed by atoms with Gasteiger partial charge >= 0.3 is 12.0 Å². The lowest BCUT2D eigenvalue weighted by Crippen LogP contribution is -2.43. The molecule has 2 fully saturated rings. The fourth-order valence-electron chi connectivity index (χ4n) is 7.66. The molecule has 1 amide bonds. The third-order valence-electron chi connectivity index (χ3n) is 9.99. The summed E-state index contributed by atoms with van der Waals surface area (Å²) in [5.74, 6) is -0.607. The zero-order valence-corrected chi connectivity index (χ0v) is 26.5. The molecule has 12 heteroatoms. The van der Waals surface area contributed by atoms with Gasteiger partial charge < -0.3 is 14.5 Å². The maximum Gasteiger partial charge on any atom is 0.344 e. The molecule has 0 saturated carbocycles. The molecule has 0 radical (unpaired) electrons. The first-order valence-electron chi connectivity index (χ1n) is 16.3. The highest BCUT2D eigenvalue weighted by Gasteiger charge is 2.45. The number of carbonyl (C=O) groups is 1. The van der Waals surface area contributed by atoms with Gasteiger partial charge in [-0.1, -0.05) is 30.3 Å². The van der Waals surface area contributed by atoms with Gasteiger partial charge in [0.15, 0.2) is 5.82 Å².